The van der Waals surface area contributed by atoms with E-state index >= 15 is 0 Å². The molecule has 0 aromatic heterocycles. The molecular weight excluding hydrogens is 244 g/mol. The summed E-state index contributed by atoms with van der Waals surface area (Å²) in [5.41, 5.74) is 0. The molecule has 1 saturated heterocycles. The second kappa shape index (κ2) is 8.15. The molecule has 1 amide bonds. The number of hydrogen-bond acceptors (Lipinski definition) is 3. The molecule has 0 bridgehead atoms. The summed E-state index contributed by atoms with van der Waals surface area (Å²) in [4.78, 5) is 24.5. The lowest BCUT2D eigenvalue weighted by atomic mass is 9.92. The summed E-state index contributed by atoms with van der Waals surface area (Å²) < 4.78 is 0. The quantitative estimate of drug-likeness (QED) is 0.735. The molecule has 0 spiro atoms. The number of carboxylic acid groups (broad SMARTS) is 1. The third-order valence-corrected chi connectivity index (χ3v) is 3.77. The van der Waals surface area contributed by atoms with Gasteiger partial charge in [-0.15, -0.1) is 0 Å². The Kier molecular flexibility index (Phi) is 6.84. The highest BCUT2D eigenvalue weighted by Crippen LogP contribution is 2.22. The highest BCUT2D eigenvalue weighted by Gasteiger charge is 2.23. The van der Waals surface area contributed by atoms with Gasteiger partial charge in [0.05, 0.1) is 0 Å². The first-order valence-corrected chi connectivity index (χ1v) is 7.25. The van der Waals surface area contributed by atoms with Crippen LogP contribution in [0.1, 0.15) is 46.0 Å². The van der Waals surface area contributed by atoms with Crippen LogP contribution in [0.3, 0.4) is 0 Å². The molecule has 0 aliphatic carbocycles. The Morgan fingerprint density at radius 3 is 2.53 bits per heavy atom. The Bertz CT molecular complexity index is 299. The first kappa shape index (κ1) is 16.0. The molecule has 2 N–H and O–H groups in total. The summed E-state index contributed by atoms with van der Waals surface area (Å²) in [5.74, 6) is -0.0468. The molecule has 1 unspecified atom stereocenters. The minimum atomic E-state index is -0.724. The second-order valence-electron chi connectivity index (χ2n) is 5.42. The zero-order valence-corrected chi connectivity index (χ0v) is 12.0. The van der Waals surface area contributed by atoms with Crippen molar-refractivity contribution in [2.75, 3.05) is 19.6 Å². The van der Waals surface area contributed by atoms with E-state index in [-0.39, 0.29) is 18.4 Å². The lowest BCUT2D eigenvalue weighted by Gasteiger charge is -2.32. The van der Waals surface area contributed by atoms with Gasteiger partial charge >= 0.3 is 5.97 Å². The Labute approximate surface area is 115 Å². The average Bonchev–Trinajstić information content (AvgIpc) is 2.37. The summed E-state index contributed by atoms with van der Waals surface area (Å²) in [5, 5.41) is 11.9. The van der Waals surface area contributed by atoms with Crippen LogP contribution in [-0.2, 0) is 9.59 Å². The van der Waals surface area contributed by atoms with E-state index in [4.69, 9.17) is 5.11 Å². The van der Waals surface area contributed by atoms with Gasteiger partial charge in [-0.1, -0.05) is 6.92 Å². The molecule has 1 atom stereocenters. The number of hydrogen-bond donors (Lipinski definition) is 2. The fraction of sp³-hybridized carbons (Fsp3) is 0.857. The summed E-state index contributed by atoms with van der Waals surface area (Å²) in [7, 11) is 0. The zero-order valence-electron chi connectivity index (χ0n) is 12.0. The van der Waals surface area contributed by atoms with Crippen molar-refractivity contribution in [1.29, 1.82) is 0 Å². The molecule has 0 saturated carbocycles. The molecule has 5 nitrogen and oxygen atoms in total. The van der Waals surface area contributed by atoms with E-state index in [1.165, 1.54) is 0 Å². The third kappa shape index (κ3) is 6.05. The van der Waals surface area contributed by atoms with Gasteiger partial charge in [0.15, 0.2) is 0 Å². The van der Waals surface area contributed by atoms with Gasteiger partial charge in [0, 0.05) is 32.0 Å². The van der Waals surface area contributed by atoms with E-state index in [0.717, 1.165) is 38.9 Å². The van der Waals surface area contributed by atoms with Crippen molar-refractivity contribution < 1.29 is 14.7 Å². The standard InChI is InChI=1S/C14H26N2O3/c1-3-15-11(2)10-13(17)16-8-6-12(7-9-16)4-5-14(18)19/h11-12,15H,3-10H2,1-2H3,(H,18,19). The van der Waals surface area contributed by atoms with Crippen molar-refractivity contribution in [3.05, 3.63) is 0 Å². The van der Waals surface area contributed by atoms with Gasteiger partial charge in [-0.25, -0.2) is 0 Å². The maximum atomic E-state index is 12.0. The van der Waals surface area contributed by atoms with Crippen molar-refractivity contribution in [1.82, 2.24) is 10.2 Å². The molecule has 0 aromatic carbocycles. The fourth-order valence-corrected chi connectivity index (χ4v) is 2.61. The van der Waals surface area contributed by atoms with Crippen molar-refractivity contribution in [2.24, 2.45) is 5.92 Å². The van der Waals surface area contributed by atoms with Crippen LogP contribution in [0.25, 0.3) is 0 Å². The Morgan fingerprint density at radius 1 is 1.37 bits per heavy atom. The van der Waals surface area contributed by atoms with Crippen LogP contribution in [0.5, 0.6) is 0 Å². The molecule has 1 aliphatic heterocycles. The minimum absolute atomic E-state index is 0.213. The molecule has 1 aliphatic rings. The molecule has 5 heteroatoms. The van der Waals surface area contributed by atoms with Crippen LogP contribution in [0.2, 0.25) is 0 Å². The van der Waals surface area contributed by atoms with Gasteiger partial charge in [-0.05, 0) is 38.6 Å². The van der Waals surface area contributed by atoms with Crippen LogP contribution in [0.4, 0.5) is 0 Å². The van der Waals surface area contributed by atoms with Crippen LogP contribution in [0.15, 0.2) is 0 Å². The van der Waals surface area contributed by atoms with Crippen LogP contribution in [0, 0.1) is 5.92 Å². The molecule has 0 aromatic rings. The number of nitrogens with zero attached hydrogens (tertiary/aromatic N) is 1. The van der Waals surface area contributed by atoms with Gasteiger partial charge < -0.3 is 15.3 Å². The number of likely N-dealkylation sites (tertiary alicyclic amines) is 1. The number of carboxylic acids is 1. The molecular formula is C14H26N2O3. The molecule has 1 fully saturated rings. The number of nitrogens with one attached hydrogen (secondary N) is 1. The molecule has 1 heterocycles. The van der Waals surface area contributed by atoms with Gasteiger partial charge in [-0.3, -0.25) is 9.59 Å². The topological polar surface area (TPSA) is 69.6 Å². The Balaban J connectivity index is 2.25. The van der Waals surface area contributed by atoms with Crippen LogP contribution >= 0.6 is 0 Å². The van der Waals surface area contributed by atoms with E-state index in [1.54, 1.807) is 0 Å². The Hall–Kier alpha value is -1.10. The number of aliphatic carboxylic acids is 1. The van der Waals surface area contributed by atoms with E-state index in [2.05, 4.69) is 5.32 Å². The van der Waals surface area contributed by atoms with E-state index in [9.17, 15) is 9.59 Å². The predicted molar refractivity (Wildman–Crippen MR) is 73.9 cm³/mol. The van der Waals surface area contributed by atoms with Gasteiger partial charge in [0.25, 0.3) is 0 Å². The summed E-state index contributed by atoms with van der Waals surface area (Å²) >= 11 is 0. The third-order valence-electron chi connectivity index (χ3n) is 3.77. The first-order valence-electron chi connectivity index (χ1n) is 7.25. The summed E-state index contributed by atoms with van der Waals surface area (Å²) in [6, 6.07) is 0.224. The van der Waals surface area contributed by atoms with Crippen molar-refractivity contribution in [3.8, 4) is 0 Å². The molecule has 0 radical (unpaired) electrons. The number of carbonyl (C=O) groups is 2. The van der Waals surface area contributed by atoms with Gasteiger partial charge in [-0.2, -0.15) is 0 Å². The lowest BCUT2D eigenvalue weighted by Crippen LogP contribution is -2.41. The van der Waals surface area contributed by atoms with Crippen molar-refractivity contribution in [2.45, 2.75) is 52.0 Å². The minimum Gasteiger partial charge on any atom is -0.481 e. The normalized spacial score (nSPS) is 18.3. The number of carbonyl (C=O) groups excluding carboxylic acids is 1. The number of piperidine rings is 1. The maximum absolute atomic E-state index is 12.0. The smallest absolute Gasteiger partial charge is 0.303 e. The lowest BCUT2D eigenvalue weighted by molar-refractivity contribution is -0.138. The number of amides is 1. The average molecular weight is 270 g/mol. The van der Waals surface area contributed by atoms with Gasteiger partial charge in [0.1, 0.15) is 0 Å². The molecule has 110 valence electrons. The fourth-order valence-electron chi connectivity index (χ4n) is 2.61. The van der Waals surface area contributed by atoms with Crippen LogP contribution in [-0.4, -0.2) is 47.6 Å². The highest BCUT2D eigenvalue weighted by atomic mass is 16.4. The van der Waals surface area contributed by atoms with Crippen LogP contribution < -0.4 is 5.32 Å². The van der Waals surface area contributed by atoms with Gasteiger partial charge in [0.2, 0.25) is 5.91 Å². The predicted octanol–water partition coefficient (Wildman–Crippen LogP) is 1.48. The first-order chi connectivity index (χ1) is 9.02. The summed E-state index contributed by atoms with van der Waals surface area (Å²) in [6.45, 7) is 6.51. The van der Waals surface area contributed by atoms with E-state index in [0.29, 0.717) is 12.3 Å². The van der Waals surface area contributed by atoms with E-state index in [1.807, 2.05) is 18.7 Å². The monoisotopic (exact) mass is 270 g/mol. The Morgan fingerprint density at radius 2 is 2.00 bits per heavy atom. The maximum Gasteiger partial charge on any atom is 0.303 e. The number of rotatable bonds is 7. The highest BCUT2D eigenvalue weighted by molar-refractivity contribution is 5.76. The molecule has 19 heavy (non-hydrogen) atoms. The van der Waals surface area contributed by atoms with Crippen molar-refractivity contribution in [3.63, 3.8) is 0 Å². The zero-order chi connectivity index (χ0) is 14.3. The summed E-state index contributed by atoms with van der Waals surface area (Å²) in [6.07, 6.45) is 3.41. The second-order valence-corrected chi connectivity index (χ2v) is 5.42. The van der Waals surface area contributed by atoms with E-state index < -0.39 is 5.97 Å². The SMILES string of the molecule is CCNC(C)CC(=O)N1CCC(CCC(=O)O)CC1. The molecule has 1 rings (SSSR count). The van der Waals surface area contributed by atoms with Crippen molar-refractivity contribution >= 4 is 11.9 Å². The largest absolute Gasteiger partial charge is 0.481 e.